The van der Waals surface area contributed by atoms with E-state index in [9.17, 15) is 9.18 Å². The highest BCUT2D eigenvalue weighted by Crippen LogP contribution is 2.29. The molecule has 0 unspecified atom stereocenters. The van der Waals surface area contributed by atoms with Crippen LogP contribution in [0.1, 0.15) is 30.9 Å². The van der Waals surface area contributed by atoms with Crippen LogP contribution in [0.3, 0.4) is 0 Å². The Kier molecular flexibility index (Phi) is 5.80. The van der Waals surface area contributed by atoms with E-state index in [-0.39, 0.29) is 17.5 Å². The molecule has 8 heteroatoms. The Balaban J connectivity index is 1.35. The monoisotopic (exact) mass is 413 g/mol. The zero-order valence-electron chi connectivity index (χ0n) is 15.9. The Morgan fingerprint density at radius 1 is 1.24 bits per heavy atom. The van der Waals surface area contributed by atoms with E-state index in [1.807, 2.05) is 23.1 Å². The number of anilines is 1. The van der Waals surface area contributed by atoms with Crippen molar-refractivity contribution in [1.29, 1.82) is 0 Å². The molecule has 1 amide bonds. The van der Waals surface area contributed by atoms with Gasteiger partial charge in [-0.05, 0) is 55.7 Å². The van der Waals surface area contributed by atoms with E-state index in [0.29, 0.717) is 23.4 Å². The molecule has 0 spiro atoms. The van der Waals surface area contributed by atoms with Gasteiger partial charge in [0.1, 0.15) is 11.6 Å². The lowest BCUT2D eigenvalue weighted by atomic mass is 10.0. The molecule has 0 bridgehead atoms. The van der Waals surface area contributed by atoms with Crippen LogP contribution < -0.4 is 9.64 Å². The first-order chi connectivity index (χ1) is 14.1. The minimum atomic E-state index is -0.494. The first-order valence-electron chi connectivity index (χ1n) is 9.37. The smallest absolute Gasteiger partial charge is 0.277 e. The summed E-state index contributed by atoms with van der Waals surface area (Å²) in [5.41, 5.74) is 2.18. The number of hydrogen-bond donors (Lipinski definition) is 0. The molecule has 0 saturated carbocycles. The summed E-state index contributed by atoms with van der Waals surface area (Å²) in [6.07, 6.45) is 1.45. The van der Waals surface area contributed by atoms with Gasteiger partial charge >= 0.3 is 0 Å². The molecule has 6 nitrogen and oxygen atoms in total. The van der Waals surface area contributed by atoms with Crippen molar-refractivity contribution in [1.82, 2.24) is 10.2 Å². The lowest BCUT2D eigenvalue weighted by molar-refractivity contribution is -0.116. The fourth-order valence-electron chi connectivity index (χ4n) is 3.20. The molecule has 1 aromatic heterocycles. The minimum absolute atomic E-state index is 0.0116. The summed E-state index contributed by atoms with van der Waals surface area (Å²) in [5.74, 6) is 0.696. The number of ether oxygens (including phenoxy) is 1. The Labute approximate surface area is 172 Å². The van der Waals surface area contributed by atoms with Crippen LogP contribution in [0, 0.1) is 5.82 Å². The Bertz CT molecular complexity index is 993. The quantitative estimate of drug-likeness (QED) is 0.557. The molecule has 29 heavy (non-hydrogen) atoms. The Morgan fingerprint density at radius 2 is 2.03 bits per heavy atom. The summed E-state index contributed by atoms with van der Waals surface area (Å²) >= 11 is 1.21. The van der Waals surface area contributed by atoms with Crippen molar-refractivity contribution in [2.75, 3.05) is 17.2 Å². The molecule has 1 aliphatic rings. The Hall–Kier alpha value is -2.87. The molecule has 0 fully saturated rings. The molecule has 2 heterocycles. The second kappa shape index (κ2) is 8.65. The number of benzene rings is 2. The second-order valence-electron chi connectivity index (χ2n) is 6.69. The standard InChI is InChI=1S/C21H20FN3O3S/c1-14(27-17-10-8-16(22)9-11-17)20-23-24-21(28-20)29-13-19(26)25-12-4-6-15-5-2-3-7-18(15)25/h2-3,5,7-11,14H,4,6,12-13H2,1H3/t14-/m0/s1. The first kappa shape index (κ1) is 19.4. The maximum Gasteiger partial charge on any atom is 0.277 e. The highest BCUT2D eigenvalue weighted by Gasteiger charge is 2.23. The highest BCUT2D eigenvalue weighted by molar-refractivity contribution is 7.99. The predicted molar refractivity (Wildman–Crippen MR) is 108 cm³/mol. The molecule has 0 radical (unpaired) electrons. The van der Waals surface area contributed by atoms with Crippen molar-refractivity contribution in [3.8, 4) is 5.75 Å². The van der Waals surface area contributed by atoms with Gasteiger partial charge in [0.25, 0.3) is 11.1 Å². The summed E-state index contributed by atoms with van der Waals surface area (Å²) in [5, 5.41) is 8.30. The normalized spacial score (nSPS) is 14.3. The molecule has 0 saturated heterocycles. The second-order valence-corrected chi connectivity index (χ2v) is 7.61. The van der Waals surface area contributed by atoms with Gasteiger partial charge in [0, 0.05) is 12.2 Å². The van der Waals surface area contributed by atoms with E-state index in [1.54, 1.807) is 6.92 Å². The van der Waals surface area contributed by atoms with Crippen molar-refractivity contribution >= 4 is 23.4 Å². The molecule has 2 aromatic carbocycles. The van der Waals surface area contributed by atoms with E-state index in [4.69, 9.17) is 9.15 Å². The molecule has 150 valence electrons. The van der Waals surface area contributed by atoms with E-state index in [1.165, 1.54) is 41.6 Å². The van der Waals surface area contributed by atoms with Crippen molar-refractivity contribution < 1.29 is 18.3 Å². The summed E-state index contributed by atoms with van der Waals surface area (Å²) in [6, 6.07) is 13.7. The van der Waals surface area contributed by atoms with Crippen LogP contribution in [-0.2, 0) is 11.2 Å². The van der Waals surface area contributed by atoms with E-state index < -0.39 is 6.10 Å². The number of thioether (sulfide) groups is 1. The number of carbonyl (C=O) groups excluding carboxylic acids is 1. The molecule has 0 aliphatic carbocycles. The number of para-hydroxylation sites is 1. The number of halogens is 1. The fraction of sp³-hybridized carbons (Fsp3) is 0.286. The van der Waals surface area contributed by atoms with Crippen LogP contribution in [0.5, 0.6) is 5.75 Å². The molecular formula is C21H20FN3O3S. The van der Waals surface area contributed by atoms with E-state index in [0.717, 1.165) is 18.5 Å². The highest BCUT2D eigenvalue weighted by atomic mass is 32.2. The van der Waals surface area contributed by atoms with Gasteiger partial charge in [0.05, 0.1) is 5.75 Å². The number of fused-ring (bicyclic) bond motifs is 1. The van der Waals surface area contributed by atoms with Crippen molar-refractivity contribution in [3.63, 3.8) is 0 Å². The van der Waals surface area contributed by atoms with Gasteiger partial charge in [0.15, 0.2) is 6.10 Å². The summed E-state index contributed by atoms with van der Waals surface area (Å²) in [4.78, 5) is 14.5. The molecule has 1 atom stereocenters. The number of hydrogen-bond acceptors (Lipinski definition) is 6. The van der Waals surface area contributed by atoms with E-state index in [2.05, 4.69) is 16.3 Å². The topological polar surface area (TPSA) is 68.5 Å². The van der Waals surface area contributed by atoms with Gasteiger partial charge in [-0.25, -0.2) is 4.39 Å². The van der Waals surface area contributed by atoms with Crippen LogP contribution >= 0.6 is 11.8 Å². The number of rotatable bonds is 6. The predicted octanol–water partition coefficient (Wildman–Crippen LogP) is 4.42. The zero-order valence-corrected chi connectivity index (χ0v) is 16.7. The molecule has 0 N–H and O–H groups in total. The van der Waals surface area contributed by atoms with E-state index >= 15 is 0 Å². The summed E-state index contributed by atoms with van der Waals surface area (Å²) in [6.45, 7) is 2.48. The zero-order chi connectivity index (χ0) is 20.2. The lowest BCUT2D eigenvalue weighted by Crippen LogP contribution is -2.36. The Morgan fingerprint density at radius 3 is 2.86 bits per heavy atom. The average Bonchev–Trinajstić information content (AvgIpc) is 3.22. The van der Waals surface area contributed by atoms with Gasteiger partial charge in [-0.2, -0.15) is 0 Å². The van der Waals surface area contributed by atoms with Crippen LogP contribution in [-0.4, -0.2) is 28.4 Å². The number of aryl methyl sites for hydroxylation is 1. The van der Waals surface area contributed by atoms with Gasteiger partial charge < -0.3 is 14.1 Å². The van der Waals surface area contributed by atoms with Crippen LogP contribution in [0.25, 0.3) is 0 Å². The van der Waals surface area contributed by atoms with Crippen LogP contribution in [0.4, 0.5) is 10.1 Å². The van der Waals surface area contributed by atoms with Gasteiger partial charge in [-0.15, -0.1) is 10.2 Å². The third-order valence-electron chi connectivity index (χ3n) is 4.63. The summed E-state index contributed by atoms with van der Waals surface area (Å²) in [7, 11) is 0. The molecule has 4 rings (SSSR count). The SMILES string of the molecule is C[C@H](Oc1ccc(F)cc1)c1nnc(SCC(=O)N2CCCc3ccccc32)o1. The van der Waals surface area contributed by atoms with Crippen molar-refractivity contribution in [3.05, 3.63) is 65.8 Å². The maximum absolute atomic E-state index is 13.0. The minimum Gasteiger partial charge on any atom is -0.481 e. The number of aromatic nitrogens is 2. The maximum atomic E-state index is 13.0. The summed E-state index contributed by atoms with van der Waals surface area (Å²) < 4.78 is 24.3. The third-order valence-corrected chi connectivity index (χ3v) is 5.43. The lowest BCUT2D eigenvalue weighted by Gasteiger charge is -2.29. The first-order valence-corrected chi connectivity index (χ1v) is 10.4. The fourth-order valence-corrected chi connectivity index (χ4v) is 3.85. The van der Waals surface area contributed by atoms with Crippen LogP contribution in [0.15, 0.2) is 58.2 Å². The third kappa shape index (κ3) is 4.59. The van der Waals surface area contributed by atoms with Gasteiger partial charge in [0.2, 0.25) is 5.91 Å². The number of nitrogens with zero attached hydrogens (tertiary/aromatic N) is 3. The number of carbonyl (C=O) groups is 1. The van der Waals surface area contributed by atoms with Crippen molar-refractivity contribution in [2.24, 2.45) is 0 Å². The molecule has 1 aliphatic heterocycles. The molecular weight excluding hydrogens is 393 g/mol. The van der Waals surface area contributed by atoms with Crippen molar-refractivity contribution in [2.45, 2.75) is 31.1 Å². The van der Waals surface area contributed by atoms with Crippen LogP contribution in [0.2, 0.25) is 0 Å². The molecule has 3 aromatic rings. The largest absolute Gasteiger partial charge is 0.481 e. The van der Waals surface area contributed by atoms with Gasteiger partial charge in [-0.1, -0.05) is 30.0 Å². The van der Waals surface area contributed by atoms with Gasteiger partial charge in [-0.3, -0.25) is 4.79 Å². The average molecular weight is 413 g/mol. The number of amides is 1.